The number of carbonyl (C=O) groups excluding carboxylic acids is 3. The Hall–Kier alpha value is -4.96. The maximum Gasteiger partial charge on any atom is 0.272 e. The number of hydrogen-bond donors (Lipinski definition) is 1. The lowest BCUT2D eigenvalue weighted by atomic mass is 10.1. The van der Waals surface area contributed by atoms with Crippen LogP contribution in [0.3, 0.4) is 0 Å². The number of carbonyl (C=O) groups is 3. The summed E-state index contributed by atoms with van der Waals surface area (Å²) in [5.41, 5.74) is 2.66. The molecule has 2 amide bonds. The molecule has 0 spiro atoms. The van der Waals surface area contributed by atoms with Crippen LogP contribution in [-0.2, 0) is 6.54 Å². The number of pyridine rings is 2. The monoisotopic (exact) mass is 553 g/mol. The molecule has 0 bridgehead atoms. The van der Waals surface area contributed by atoms with E-state index < -0.39 is 0 Å². The molecular weight excluding hydrogens is 525 g/mol. The van der Waals surface area contributed by atoms with E-state index >= 15 is 0 Å². The van der Waals surface area contributed by atoms with Crippen molar-refractivity contribution in [1.82, 2.24) is 19.8 Å². The number of halogens is 1. The Labute approximate surface area is 236 Å². The largest absolute Gasteiger partial charge is 0.439 e. The molecule has 1 aliphatic heterocycles. The summed E-state index contributed by atoms with van der Waals surface area (Å²) in [5, 5.41) is 2.75. The normalized spacial score (nSPS) is 13.5. The number of amides is 2. The molecule has 1 aliphatic rings. The Morgan fingerprint density at radius 1 is 0.829 bits per heavy atom. The number of nitrogens with zero attached hydrogens (tertiary/aromatic N) is 4. The van der Waals surface area contributed by atoms with Crippen LogP contribution in [0.15, 0.2) is 85.2 Å². The van der Waals surface area contributed by atoms with Crippen molar-refractivity contribution in [3.05, 3.63) is 113 Å². The molecule has 10 heteroatoms. The summed E-state index contributed by atoms with van der Waals surface area (Å²) in [6.45, 7) is 4.71. The summed E-state index contributed by atoms with van der Waals surface area (Å²) < 4.78 is 18.8. The lowest BCUT2D eigenvalue weighted by Gasteiger charge is -2.34. The second-order valence-electron chi connectivity index (χ2n) is 9.65. The molecule has 4 aromatic rings. The van der Waals surface area contributed by atoms with Gasteiger partial charge in [0.25, 0.3) is 11.8 Å². The van der Waals surface area contributed by atoms with Gasteiger partial charge in [-0.3, -0.25) is 24.3 Å². The van der Waals surface area contributed by atoms with E-state index in [9.17, 15) is 18.8 Å². The lowest BCUT2D eigenvalue weighted by Crippen LogP contribution is -2.48. The number of ketones is 1. The summed E-state index contributed by atoms with van der Waals surface area (Å²) in [7, 11) is 0. The van der Waals surface area contributed by atoms with Gasteiger partial charge in [0.15, 0.2) is 5.78 Å². The molecule has 0 aliphatic carbocycles. The van der Waals surface area contributed by atoms with Crippen LogP contribution in [0.5, 0.6) is 11.6 Å². The smallest absolute Gasteiger partial charge is 0.272 e. The van der Waals surface area contributed by atoms with E-state index in [1.165, 1.54) is 31.5 Å². The highest BCUT2D eigenvalue weighted by Gasteiger charge is 2.23. The third-order valence-corrected chi connectivity index (χ3v) is 6.70. The highest BCUT2D eigenvalue weighted by Crippen LogP contribution is 2.21. The van der Waals surface area contributed by atoms with Crippen molar-refractivity contribution >= 4 is 23.3 Å². The number of piperazine rings is 1. The maximum atomic E-state index is 13.1. The van der Waals surface area contributed by atoms with Gasteiger partial charge >= 0.3 is 0 Å². The molecule has 0 radical (unpaired) electrons. The van der Waals surface area contributed by atoms with Crippen LogP contribution >= 0.6 is 0 Å². The molecule has 0 saturated carbocycles. The molecule has 0 atom stereocenters. The number of anilines is 1. The Balaban J connectivity index is 1.11. The van der Waals surface area contributed by atoms with Gasteiger partial charge in [0, 0.05) is 50.6 Å². The van der Waals surface area contributed by atoms with Crippen LogP contribution in [0.4, 0.5) is 10.1 Å². The zero-order chi connectivity index (χ0) is 28.8. The zero-order valence-corrected chi connectivity index (χ0v) is 22.4. The van der Waals surface area contributed by atoms with Crippen molar-refractivity contribution in [2.24, 2.45) is 0 Å². The summed E-state index contributed by atoms with van der Waals surface area (Å²) in [6.07, 6.45) is 2.85. The van der Waals surface area contributed by atoms with E-state index in [2.05, 4.69) is 20.2 Å². The number of rotatable bonds is 8. The van der Waals surface area contributed by atoms with E-state index in [4.69, 9.17) is 4.74 Å². The van der Waals surface area contributed by atoms with Gasteiger partial charge < -0.3 is 15.0 Å². The van der Waals surface area contributed by atoms with Gasteiger partial charge in [-0.05, 0) is 67.1 Å². The number of hydrogen-bond acceptors (Lipinski definition) is 7. The molecule has 1 N–H and O–H groups in total. The fraction of sp³-hybridized carbons (Fsp3) is 0.194. The van der Waals surface area contributed by atoms with Crippen molar-refractivity contribution in [1.29, 1.82) is 0 Å². The van der Waals surface area contributed by atoms with Gasteiger partial charge in [-0.1, -0.05) is 12.1 Å². The van der Waals surface area contributed by atoms with Gasteiger partial charge in [0.05, 0.1) is 17.4 Å². The highest BCUT2D eigenvalue weighted by atomic mass is 19.1. The fourth-order valence-corrected chi connectivity index (χ4v) is 4.37. The number of aromatic nitrogens is 2. The number of ether oxygens (including phenoxy) is 1. The molecule has 2 aromatic heterocycles. The molecule has 1 fully saturated rings. The Morgan fingerprint density at radius 3 is 2.15 bits per heavy atom. The van der Waals surface area contributed by atoms with Crippen LogP contribution < -0.4 is 10.1 Å². The topological polar surface area (TPSA) is 105 Å². The second kappa shape index (κ2) is 12.5. The van der Waals surface area contributed by atoms with Crippen LogP contribution in [0, 0.1) is 5.82 Å². The highest BCUT2D eigenvalue weighted by molar-refractivity contribution is 6.04. The van der Waals surface area contributed by atoms with Crippen LogP contribution in [-0.4, -0.2) is 63.5 Å². The van der Waals surface area contributed by atoms with Crippen LogP contribution in [0.25, 0.3) is 0 Å². The predicted octanol–water partition coefficient (Wildman–Crippen LogP) is 4.82. The molecule has 0 unspecified atom stereocenters. The minimum absolute atomic E-state index is 0.0272. The zero-order valence-electron chi connectivity index (χ0n) is 22.4. The average molecular weight is 554 g/mol. The third-order valence-electron chi connectivity index (χ3n) is 6.70. The van der Waals surface area contributed by atoms with E-state index in [0.717, 1.165) is 5.56 Å². The van der Waals surface area contributed by atoms with Gasteiger partial charge in [0.1, 0.15) is 17.3 Å². The molecule has 3 heterocycles. The minimum Gasteiger partial charge on any atom is -0.439 e. The summed E-state index contributed by atoms with van der Waals surface area (Å²) in [6, 6.07) is 19.6. The second-order valence-corrected chi connectivity index (χ2v) is 9.65. The number of nitrogens with one attached hydrogen (secondary N) is 1. The molecule has 5 rings (SSSR count). The van der Waals surface area contributed by atoms with Gasteiger partial charge in [0.2, 0.25) is 5.88 Å². The molecular formula is C31H28FN5O4. The van der Waals surface area contributed by atoms with E-state index in [0.29, 0.717) is 61.2 Å². The predicted molar refractivity (Wildman–Crippen MR) is 151 cm³/mol. The molecule has 41 heavy (non-hydrogen) atoms. The minimum atomic E-state index is -0.388. The lowest BCUT2D eigenvalue weighted by molar-refractivity contribution is 0.0622. The molecule has 2 aromatic carbocycles. The van der Waals surface area contributed by atoms with Crippen molar-refractivity contribution in [2.45, 2.75) is 13.5 Å². The SMILES string of the molecule is CC(=O)c1ccc(Oc2ccc(NC(=O)c3ccc(C(=O)N4CCN(Cc5ccc(F)cc5)CC4)nc3)cn2)cc1. The molecule has 208 valence electrons. The fourth-order valence-electron chi connectivity index (χ4n) is 4.37. The molecule has 9 nitrogen and oxygen atoms in total. The number of benzene rings is 2. The van der Waals surface area contributed by atoms with E-state index in [1.54, 1.807) is 65.6 Å². The molecule has 1 saturated heterocycles. The summed E-state index contributed by atoms with van der Waals surface area (Å²) in [4.78, 5) is 49.5. The van der Waals surface area contributed by atoms with Crippen LogP contribution in [0.2, 0.25) is 0 Å². The number of Topliss-reactive ketones (excluding diaryl/α,β-unsaturated/α-hetero) is 1. The average Bonchev–Trinajstić information content (AvgIpc) is 3.00. The quantitative estimate of drug-likeness (QED) is 0.312. The first-order valence-corrected chi connectivity index (χ1v) is 13.1. The van der Waals surface area contributed by atoms with Crippen molar-refractivity contribution in [3.63, 3.8) is 0 Å². The van der Waals surface area contributed by atoms with Gasteiger partial charge in [-0.25, -0.2) is 9.37 Å². The third kappa shape index (κ3) is 7.17. The van der Waals surface area contributed by atoms with Crippen molar-refractivity contribution in [3.8, 4) is 11.6 Å². The Bertz CT molecular complexity index is 1520. The van der Waals surface area contributed by atoms with Crippen molar-refractivity contribution in [2.75, 3.05) is 31.5 Å². The first-order chi connectivity index (χ1) is 19.8. The van der Waals surface area contributed by atoms with Crippen LogP contribution in [0.1, 0.15) is 43.7 Å². The Morgan fingerprint density at radius 2 is 1.54 bits per heavy atom. The van der Waals surface area contributed by atoms with E-state index in [1.807, 2.05) is 0 Å². The Kier molecular flexibility index (Phi) is 8.40. The van der Waals surface area contributed by atoms with Gasteiger partial charge in [-0.15, -0.1) is 0 Å². The first-order valence-electron chi connectivity index (χ1n) is 13.1. The summed E-state index contributed by atoms with van der Waals surface area (Å²) in [5.74, 6) is 0.00907. The van der Waals surface area contributed by atoms with E-state index in [-0.39, 0.29) is 29.1 Å². The first kappa shape index (κ1) is 27.6. The summed E-state index contributed by atoms with van der Waals surface area (Å²) >= 11 is 0. The maximum absolute atomic E-state index is 13.1. The van der Waals surface area contributed by atoms with Gasteiger partial charge in [-0.2, -0.15) is 0 Å². The van der Waals surface area contributed by atoms with Crippen molar-refractivity contribution < 1.29 is 23.5 Å². The standard InChI is InChI=1S/C31H28FN5O4/c1-21(38)23-4-10-27(11-5-23)41-29-13-9-26(19-34-29)35-30(39)24-6-12-28(33-18-24)31(40)37-16-14-36(15-17-37)20-22-2-7-25(32)8-3-22/h2-13,18-19H,14-17,20H2,1H3,(H,35,39).